The summed E-state index contributed by atoms with van der Waals surface area (Å²) in [6.45, 7) is 2.00. The van der Waals surface area contributed by atoms with Crippen molar-refractivity contribution >= 4 is 48.6 Å². The molecule has 0 aromatic heterocycles. The third-order valence-electron chi connectivity index (χ3n) is 3.47. The van der Waals surface area contributed by atoms with E-state index in [0.29, 0.717) is 0 Å². The van der Waals surface area contributed by atoms with Crippen molar-refractivity contribution in [1.29, 1.82) is 0 Å². The molecule has 3 rings (SSSR count). The molecule has 6 heteroatoms. The molecule has 1 N–H and O–H groups in total. The van der Waals surface area contributed by atoms with E-state index in [1.54, 1.807) is 19.1 Å². The SMILES string of the molecule is CCO[P+](=O)Oc1ccc(-c2cccc3ccccc23)cc1O.[Na]. The van der Waals surface area contributed by atoms with E-state index in [-0.39, 0.29) is 47.7 Å². The van der Waals surface area contributed by atoms with E-state index in [9.17, 15) is 9.67 Å². The van der Waals surface area contributed by atoms with Crippen LogP contribution in [0.2, 0.25) is 0 Å². The average molecular weight is 350 g/mol. The summed E-state index contributed by atoms with van der Waals surface area (Å²) >= 11 is 0. The maximum absolute atomic E-state index is 11.5. The van der Waals surface area contributed by atoms with Crippen molar-refractivity contribution in [2.45, 2.75) is 6.92 Å². The van der Waals surface area contributed by atoms with Gasteiger partial charge in [-0.05, 0) is 41.0 Å². The van der Waals surface area contributed by atoms with Gasteiger partial charge in [0.2, 0.25) is 5.75 Å². The third kappa shape index (κ3) is 4.15. The average Bonchev–Trinajstić information content (AvgIpc) is 2.56. The molecule has 0 saturated carbocycles. The Balaban J connectivity index is 0.00000208. The van der Waals surface area contributed by atoms with Crippen LogP contribution in [0.25, 0.3) is 21.9 Å². The minimum Gasteiger partial charge on any atom is -0.504 e. The van der Waals surface area contributed by atoms with Crippen molar-refractivity contribution in [2.24, 2.45) is 0 Å². The fourth-order valence-electron chi connectivity index (χ4n) is 2.45. The van der Waals surface area contributed by atoms with Gasteiger partial charge in [-0.1, -0.05) is 48.5 Å². The second-order valence-corrected chi connectivity index (χ2v) is 5.83. The second-order valence-electron chi connectivity index (χ2n) is 4.94. The number of aromatic hydroxyl groups is 1. The van der Waals surface area contributed by atoms with Crippen LogP contribution in [-0.2, 0) is 9.09 Å². The van der Waals surface area contributed by atoms with Gasteiger partial charge in [0.25, 0.3) is 0 Å². The van der Waals surface area contributed by atoms with E-state index in [4.69, 9.17) is 9.05 Å². The molecule has 0 aliphatic heterocycles. The molecule has 3 aromatic carbocycles. The molecule has 0 spiro atoms. The Morgan fingerprint density at radius 1 is 1.04 bits per heavy atom. The topological polar surface area (TPSA) is 55.8 Å². The maximum atomic E-state index is 11.5. The largest absolute Gasteiger partial charge is 0.750 e. The first-order chi connectivity index (χ1) is 11.2. The molecule has 0 fully saturated rings. The van der Waals surface area contributed by atoms with E-state index in [1.165, 1.54) is 0 Å². The molecule has 0 bridgehead atoms. The summed E-state index contributed by atoms with van der Waals surface area (Å²) in [6, 6.07) is 19.1. The van der Waals surface area contributed by atoms with Gasteiger partial charge in [-0.15, -0.1) is 4.52 Å². The van der Waals surface area contributed by atoms with Crippen molar-refractivity contribution < 1.29 is 18.7 Å². The van der Waals surface area contributed by atoms with Crippen molar-refractivity contribution in [1.82, 2.24) is 0 Å². The zero-order valence-corrected chi connectivity index (χ0v) is 16.5. The number of phenolic OH excluding ortho intramolecular Hbond substituents is 1. The molecule has 1 unspecified atom stereocenters. The fourth-order valence-corrected chi connectivity index (χ4v) is 3.03. The van der Waals surface area contributed by atoms with E-state index in [0.717, 1.165) is 21.9 Å². The Morgan fingerprint density at radius 3 is 2.54 bits per heavy atom. The standard InChI is InChI=1S/C18H15O4P.Na/c1-2-21-23(20)22-18-11-10-14(12-17(18)19)16-9-5-7-13-6-3-4-8-15(13)16;/h3-12H,2H2,1H3;/p+1. The molecule has 1 atom stereocenters. The number of hydrogen-bond acceptors (Lipinski definition) is 4. The molecule has 4 nitrogen and oxygen atoms in total. The molecule has 0 amide bonds. The molecular weight excluding hydrogens is 334 g/mol. The Bertz CT molecular complexity index is 861. The van der Waals surface area contributed by atoms with Gasteiger partial charge in [0.15, 0.2) is 5.75 Å². The zero-order chi connectivity index (χ0) is 16.2. The molecule has 0 aliphatic carbocycles. The number of hydrogen-bond donors (Lipinski definition) is 1. The number of phenols is 1. The monoisotopic (exact) mass is 350 g/mol. The first-order valence-corrected chi connectivity index (χ1v) is 8.38. The number of benzene rings is 3. The van der Waals surface area contributed by atoms with Crippen molar-refractivity contribution in [3.05, 3.63) is 60.7 Å². The minimum atomic E-state index is -2.28. The summed E-state index contributed by atoms with van der Waals surface area (Å²) in [5, 5.41) is 12.4. The first kappa shape index (κ1) is 18.9. The molecule has 24 heavy (non-hydrogen) atoms. The third-order valence-corrected chi connectivity index (χ3v) is 4.28. The van der Waals surface area contributed by atoms with Gasteiger partial charge >= 0.3 is 8.25 Å². The summed E-state index contributed by atoms with van der Waals surface area (Å²) < 4.78 is 21.4. The van der Waals surface area contributed by atoms with Crippen molar-refractivity contribution in [3.63, 3.8) is 0 Å². The zero-order valence-electron chi connectivity index (χ0n) is 13.6. The molecule has 0 aliphatic rings. The van der Waals surface area contributed by atoms with Gasteiger partial charge in [0.05, 0.1) is 0 Å². The minimum absolute atomic E-state index is 0. The van der Waals surface area contributed by atoms with E-state index in [2.05, 4.69) is 0 Å². The Morgan fingerprint density at radius 2 is 1.79 bits per heavy atom. The molecule has 117 valence electrons. The molecular formula is C18H16NaO4P+. The predicted molar refractivity (Wildman–Crippen MR) is 96.7 cm³/mol. The van der Waals surface area contributed by atoms with Gasteiger partial charge in [-0.25, -0.2) is 4.52 Å². The van der Waals surface area contributed by atoms with E-state index in [1.807, 2.05) is 48.5 Å². The Labute approximate surface area is 163 Å². The molecule has 0 saturated heterocycles. The Kier molecular flexibility index (Phi) is 6.79. The number of rotatable bonds is 5. The van der Waals surface area contributed by atoms with Crippen molar-refractivity contribution in [2.75, 3.05) is 6.61 Å². The van der Waals surface area contributed by atoms with Crippen molar-refractivity contribution in [3.8, 4) is 22.6 Å². The second kappa shape index (κ2) is 8.61. The fraction of sp³-hybridized carbons (Fsp3) is 0.111. The summed E-state index contributed by atoms with van der Waals surface area (Å²) in [5.41, 5.74) is 1.87. The van der Waals surface area contributed by atoms with Crippen LogP contribution in [0, 0.1) is 0 Å². The summed E-state index contributed by atoms with van der Waals surface area (Å²) in [4.78, 5) is 0. The van der Waals surface area contributed by atoms with Crippen LogP contribution in [-0.4, -0.2) is 41.3 Å². The van der Waals surface area contributed by atoms with Crippen LogP contribution in [0.4, 0.5) is 0 Å². The van der Waals surface area contributed by atoms with Gasteiger partial charge < -0.3 is 5.11 Å². The van der Waals surface area contributed by atoms with Crippen LogP contribution >= 0.6 is 8.25 Å². The van der Waals surface area contributed by atoms with E-state index >= 15 is 0 Å². The normalized spacial score (nSPS) is 11.0. The summed E-state index contributed by atoms with van der Waals surface area (Å²) in [5.74, 6) is 0.0713. The summed E-state index contributed by atoms with van der Waals surface area (Å²) in [7, 11) is -2.28. The Hall–Kier alpha value is -1.42. The quantitative estimate of drug-likeness (QED) is 0.525. The molecule has 3 aromatic rings. The van der Waals surface area contributed by atoms with Crippen LogP contribution < -0.4 is 4.52 Å². The van der Waals surface area contributed by atoms with Gasteiger partial charge in [-0.3, -0.25) is 0 Å². The number of fused-ring (bicyclic) bond motifs is 1. The van der Waals surface area contributed by atoms with Gasteiger partial charge in [-0.2, -0.15) is 0 Å². The molecule has 1 radical (unpaired) electrons. The predicted octanol–water partition coefficient (Wildman–Crippen LogP) is 4.90. The summed E-state index contributed by atoms with van der Waals surface area (Å²) in [6.07, 6.45) is 0. The van der Waals surface area contributed by atoms with Crippen LogP contribution in [0.5, 0.6) is 11.5 Å². The molecule has 0 heterocycles. The maximum Gasteiger partial charge on any atom is 0.750 e. The first-order valence-electron chi connectivity index (χ1n) is 7.28. The van der Waals surface area contributed by atoms with Gasteiger partial charge in [0, 0.05) is 34.1 Å². The smallest absolute Gasteiger partial charge is 0.504 e. The van der Waals surface area contributed by atoms with Crippen LogP contribution in [0.3, 0.4) is 0 Å². The van der Waals surface area contributed by atoms with Crippen LogP contribution in [0.15, 0.2) is 60.7 Å². The van der Waals surface area contributed by atoms with E-state index < -0.39 is 8.25 Å². The van der Waals surface area contributed by atoms with Crippen LogP contribution in [0.1, 0.15) is 6.92 Å². The van der Waals surface area contributed by atoms with Gasteiger partial charge in [0.1, 0.15) is 6.61 Å².